The molecule has 0 atom stereocenters. The summed E-state index contributed by atoms with van der Waals surface area (Å²) in [6.07, 6.45) is 0. The van der Waals surface area contributed by atoms with E-state index in [9.17, 15) is 0 Å². The van der Waals surface area contributed by atoms with E-state index in [1.54, 1.807) is 7.11 Å². The Balaban J connectivity index is 2.56. The fraction of sp³-hybridized carbons (Fsp3) is 0.250. The van der Waals surface area contributed by atoms with Crippen molar-refractivity contribution in [3.8, 4) is 0 Å². The minimum absolute atomic E-state index is 0.538. The van der Waals surface area contributed by atoms with E-state index in [2.05, 4.69) is 21.2 Å². The first-order valence-electron chi connectivity index (χ1n) is 3.31. The van der Waals surface area contributed by atoms with Gasteiger partial charge in [-0.1, -0.05) is 22.0 Å². The molecular weight excluding hydrogens is 206 g/mol. The molecule has 60 valence electrons. The predicted molar refractivity (Wildman–Crippen MR) is 49.6 cm³/mol. The molecule has 2 nitrogen and oxygen atoms in total. The van der Waals surface area contributed by atoms with Crippen molar-refractivity contribution in [1.29, 1.82) is 0 Å². The number of nitrogens with one attached hydrogen (secondary N) is 1. The molecule has 0 heterocycles. The normalized spacial score (nSPS) is 9.64. The van der Waals surface area contributed by atoms with Crippen LogP contribution in [0.3, 0.4) is 0 Å². The van der Waals surface area contributed by atoms with Gasteiger partial charge in [0.05, 0.1) is 0 Å². The Labute approximate surface area is 74.7 Å². The summed E-state index contributed by atoms with van der Waals surface area (Å²) in [5, 5.41) is 3.08. The van der Waals surface area contributed by atoms with E-state index >= 15 is 0 Å². The molecule has 0 amide bonds. The summed E-state index contributed by atoms with van der Waals surface area (Å²) < 4.78 is 5.93. The Morgan fingerprint density at radius 1 is 1.55 bits per heavy atom. The van der Waals surface area contributed by atoms with E-state index in [4.69, 9.17) is 4.74 Å². The summed E-state index contributed by atoms with van der Waals surface area (Å²) in [4.78, 5) is 0. The first-order chi connectivity index (χ1) is 5.33. The minimum atomic E-state index is 0.538. The lowest BCUT2D eigenvalue weighted by molar-refractivity contribution is 0.221. The molecule has 0 bridgehead atoms. The van der Waals surface area contributed by atoms with Gasteiger partial charge in [-0.05, 0) is 18.2 Å². The summed E-state index contributed by atoms with van der Waals surface area (Å²) in [5.41, 5.74) is 1.06. The lowest BCUT2D eigenvalue weighted by Crippen LogP contribution is -2.02. The molecule has 0 saturated carbocycles. The number of hydrogen-bond acceptors (Lipinski definition) is 2. The zero-order valence-corrected chi connectivity index (χ0v) is 7.89. The molecule has 1 aromatic carbocycles. The zero-order chi connectivity index (χ0) is 8.10. The van der Waals surface area contributed by atoms with Crippen molar-refractivity contribution in [2.45, 2.75) is 0 Å². The predicted octanol–water partition coefficient (Wildman–Crippen LogP) is 2.46. The molecular formula is C8H10BrNO. The van der Waals surface area contributed by atoms with Crippen LogP contribution in [0.4, 0.5) is 5.69 Å². The van der Waals surface area contributed by atoms with E-state index in [1.165, 1.54) is 0 Å². The lowest BCUT2D eigenvalue weighted by atomic mass is 10.3. The van der Waals surface area contributed by atoms with Crippen molar-refractivity contribution in [2.24, 2.45) is 0 Å². The Bertz CT molecular complexity index is 227. The Morgan fingerprint density at radius 3 is 3.00 bits per heavy atom. The molecule has 0 aromatic heterocycles. The highest BCUT2D eigenvalue weighted by atomic mass is 79.9. The van der Waals surface area contributed by atoms with E-state index in [1.807, 2.05) is 24.3 Å². The van der Waals surface area contributed by atoms with E-state index < -0.39 is 0 Å². The van der Waals surface area contributed by atoms with Gasteiger partial charge in [0.1, 0.15) is 6.73 Å². The topological polar surface area (TPSA) is 21.3 Å². The maximum atomic E-state index is 4.86. The third-order valence-corrected chi connectivity index (χ3v) is 1.74. The smallest absolute Gasteiger partial charge is 0.116 e. The molecule has 0 fully saturated rings. The van der Waals surface area contributed by atoms with Crippen LogP contribution in [0.15, 0.2) is 28.7 Å². The van der Waals surface area contributed by atoms with Crippen molar-refractivity contribution >= 4 is 21.6 Å². The fourth-order valence-corrected chi connectivity index (χ4v) is 1.15. The van der Waals surface area contributed by atoms with Crippen LogP contribution in [0.1, 0.15) is 0 Å². The number of halogens is 1. The summed E-state index contributed by atoms with van der Waals surface area (Å²) in [6.45, 7) is 0.538. The summed E-state index contributed by atoms with van der Waals surface area (Å²) in [7, 11) is 1.66. The number of ether oxygens (including phenoxy) is 1. The monoisotopic (exact) mass is 215 g/mol. The molecule has 0 aliphatic rings. The van der Waals surface area contributed by atoms with Gasteiger partial charge in [0, 0.05) is 17.3 Å². The Morgan fingerprint density at radius 2 is 2.36 bits per heavy atom. The van der Waals surface area contributed by atoms with Gasteiger partial charge in [-0.2, -0.15) is 0 Å². The van der Waals surface area contributed by atoms with Gasteiger partial charge in [0.25, 0.3) is 0 Å². The molecule has 0 unspecified atom stereocenters. The highest BCUT2D eigenvalue weighted by Gasteiger charge is 1.89. The number of anilines is 1. The van der Waals surface area contributed by atoms with Gasteiger partial charge in [-0.15, -0.1) is 0 Å². The quantitative estimate of drug-likeness (QED) is 0.783. The van der Waals surface area contributed by atoms with Crippen LogP contribution in [0.25, 0.3) is 0 Å². The molecule has 0 aliphatic heterocycles. The van der Waals surface area contributed by atoms with Gasteiger partial charge >= 0.3 is 0 Å². The van der Waals surface area contributed by atoms with Crippen LogP contribution in [0.5, 0.6) is 0 Å². The van der Waals surface area contributed by atoms with Crippen LogP contribution in [0.2, 0.25) is 0 Å². The van der Waals surface area contributed by atoms with Crippen LogP contribution in [-0.2, 0) is 4.74 Å². The fourth-order valence-electron chi connectivity index (χ4n) is 0.754. The van der Waals surface area contributed by atoms with Gasteiger partial charge in [-0.3, -0.25) is 0 Å². The highest BCUT2D eigenvalue weighted by Crippen LogP contribution is 2.14. The standard InChI is InChI=1S/C8H10BrNO/c1-11-6-10-8-4-2-3-7(9)5-8/h2-5,10H,6H2,1H3. The molecule has 0 radical (unpaired) electrons. The first-order valence-corrected chi connectivity index (χ1v) is 4.10. The second-order valence-corrected chi connectivity index (χ2v) is 3.04. The summed E-state index contributed by atoms with van der Waals surface area (Å²) >= 11 is 3.37. The molecule has 0 aliphatic carbocycles. The van der Waals surface area contributed by atoms with Crippen LogP contribution in [0, 0.1) is 0 Å². The van der Waals surface area contributed by atoms with Crippen LogP contribution in [-0.4, -0.2) is 13.8 Å². The number of rotatable bonds is 3. The molecule has 11 heavy (non-hydrogen) atoms. The van der Waals surface area contributed by atoms with Gasteiger partial charge in [0.2, 0.25) is 0 Å². The minimum Gasteiger partial charge on any atom is -0.365 e. The van der Waals surface area contributed by atoms with E-state index in [0.29, 0.717) is 6.73 Å². The van der Waals surface area contributed by atoms with Crippen molar-refractivity contribution < 1.29 is 4.74 Å². The molecule has 0 saturated heterocycles. The lowest BCUT2D eigenvalue weighted by Gasteiger charge is -2.03. The van der Waals surface area contributed by atoms with Crippen LogP contribution < -0.4 is 5.32 Å². The van der Waals surface area contributed by atoms with Gasteiger partial charge in [0.15, 0.2) is 0 Å². The largest absolute Gasteiger partial charge is 0.365 e. The van der Waals surface area contributed by atoms with Crippen molar-refractivity contribution in [1.82, 2.24) is 0 Å². The first kappa shape index (κ1) is 8.56. The van der Waals surface area contributed by atoms with E-state index in [0.717, 1.165) is 10.2 Å². The molecule has 1 N–H and O–H groups in total. The van der Waals surface area contributed by atoms with Crippen molar-refractivity contribution in [3.05, 3.63) is 28.7 Å². The average Bonchev–Trinajstić information content (AvgIpc) is 2.01. The molecule has 1 rings (SSSR count). The summed E-state index contributed by atoms with van der Waals surface area (Å²) in [6, 6.07) is 7.95. The number of benzene rings is 1. The maximum Gasteiger partial charge on any atom is 0.116 e. The summed E-state index contributed by atoms with van der Waals surface area (Å²) in [5.74, 6) is 0. The van der Waals surface area contributed by atoms with Crippen molar-refractivity contribution in [3.63, 3.8) is 0 Å². The third-order valence-electron chi connectivity index (χ3n) is 1.25. The molecule has 3 heteroatoms. The molecule has 0 spiro atoms. The average molecular weight is 216 g/mol. The third kappa shape index (κ3) is 2.91. The number of methoxy groups -OCH3 is 1. The Kier molecular flexibility index (Phi) is 3.39. The van der Waals surface area contributed by atoms with Crippen molar-refractivity contribution in [2.75, 3.05) is 19.2 Å². The maximum absolute atomic E-state index is 4.86. The Hall–Kier alpha value is -0.540. The van der Waals surface area contributed by atoms with Gasteiger partial charge in [-0.25, -0.2) is 0 Å². The zero-order valence-electron chi connectivity index (χ0n) is 6.30. The SMILES string of the molecule is COCNc1cccc(Br)c1. The molecule has 1 aromatic rings. The second-order valence-electron chi connectivity index (χ2n) is 2.12. The highest BCUT2D eigenvalue weighted by molar-refractivity contribution is 9.10. The van der Waals surface area contributed by atoms with E-state index in [-0.39, 0.29) is 0 Å². The number of hydrogen-bond donors (Lipinski definition) is 1. The second kappa shape index (κ2) is 4.36. The van der Waals surface area contributed by atoms with Crippen LogP contribution >= 0.6 is 15.9 Å². The van der Waals surface area contributed by atoms with Gasteiger partial charge < -0.3 is 10.1 Å².